The van der Waals surface area contributed by atoms with Crippen molar-refractivity contribution in [1.29, 1.82) is 0 Å². The topological polar surface area (TPSA) is 55.2 Å². The molecule has 0 aromatic carbocycles. The van der Waals surface area contributed by atoms with Gasteiger partial charge in [0.15, 0.2) is 0 Å². The smallest absolute Gasteiger partial charge is 0.257 e. The molecule has 6 nitrogen and oxygen atoms in total. The molecule has 2 unspecified atom stereocenters. The van der Waals surface area contributed by atoms with E-state index in [1.807, 2.05) is 17.9 Å². The fraction of sp³-hybridized carbons (Fsp3) is 0.722. The number of amides is 1. The first-order valence-electron chi connectivity index (χ1n) is 8.83. The van der Waals surface area contributed by atoms with Gasteiger partial charge >= 0.3 is 0 Å². The van der Waals surface area contributed by atoms with E-state index in [9.17, 15) is 4.79 Å². The molecule has 0 spiro atoms. The van der Waals surface area contributed by atoms with Gasteiger partial charge in [-0.2, -0.15) is 0 Å². The van der Waals surface area contributed by atoms with E-state index < -0.39 is 0 Å². The van der Waals surface area contributed by atoms with Gasteiger partial charge in [-0.15, -0.1) is 0 Å². The lowest BCUT2D eigenvalue weighted by atomic mass is 9.99. The van der Waals surface area contributed by atoms with E-state index in [4.69, 9.17) is 13.9 Å². The molecule has 0 radical (unpaired) electrons. The predicted molar refractivity (Wildman–Crippen MR) is 90.0 cm³/mol. The Balaban J connectivity index is 1.71. The highest BCUT2D eigenvalue weighted by atomic mass is 16.5. The Morgan fingerprint density at radius 1 is 1.33 bits per heavy atom. The molecular formula is C18H28N2O4. The van der Waals surface area contributed by atoms with Crippen molar-refractivity contribution in [3.8, 4) is 0 Å². The molecule has 1 aromatic heterocycles. The second-order valence-corrected chi connectivity index (χ2v) is 6.71. The lowest BCUT2D eigenvalue weighted by Crippen LogP contribution is -2.47. The average Bonchev–Trinajstić information content (AvgIpc) is 3.19. The number of carbonyl (C=O) groups is 1. The quantitative estimate of drug-likeness (QED) is 0.822. The zero-order valence-electron chi connectivity index (χ0n) is 14.9. The third-order valence-electron chi connectivity index (χ3n) is 5.22. The van der Waals surface area contributed by atoms with Crippen molar-refractivity contribution in [2.24, 2.45) is 5.92 Å². The first kappa shape index (κ1) is 17.5. The summed E-state index contributed by atoms with van der Waals surface area (Å²) in [4.78, 5) is 17.4. The van der Waals surface area contributed by atoms with E-state index in [1.165, 1.54) is 0 Å². The number of ether oxygens (including phenoxy) is 2. The summed E-state index contributed by atoms with van der Waals surface area (Å²) in [7, 11) is 1.62. The number of furan rings is 1. The summed E-state index contributed by atoms with van der Waals surface area (Å²) in [6.07, 6.45) is 1.09. The number of nitrogens with zero attached hydrogens (tertiary/aromatic N) is 2. The highest BCUT2D eigenvalue weighted by Crippen LogP contribution is 2.28. The van der Waals surface area contributed by atoms with Crippen LogP contribution in [-0.4, -0.2) is 68.3 Å². The van der Waals surface area contributed by atoms with Crippen LogP contribution in [0.1, 0.15) is 35.2 Å². The summed E-state index contributed by atoms with van der Waals surface area (Å²) in [6.45, 7) is 9.58. The van der Waals surface area contributed by atoms with Crippen LogP contribution < -0.4 is 0 Å². The van der Waals surface area contributed by atoms with Crippen LogP contribution >= 0.6 is 0 Å². The number of methoxy groups -OCH3 is 1. The SMILES string of the molecule is CCC1CN(C(=O)c2cc(COC)oc2C)CC1N1CCOCC1. The number of rotatable bonds is 5. The van der Waals surface area contributed by atoms with Crippen molar-refractivity contribution in [1.82, 2.24) is 9.80 Å². The van der Waals surface area contributed by atoms with E-state index >= 15 is 0 Å². The fourth-order valence-electron chi connectivity index (χ4n) is 3.88. The van der Waals surface area contributed by atoms with Crippen molar-refractivity contribution in [3.05, 3.63) is 23.2 Å². The highest BCUT2D eigenvalue weighted by Gasteiger charge is 2.38. The van der Waals surface area contributed by atoms with Crippen LogP contribution in [0.5, 0.6) is 0 Å². The Kier molecular flexibility index (Phi) is 5.58. The fourth-order valence-corrected chi connectivity index (χ4v) is 3.88. The highest BCUT2D eigenvalue weighted by molar-refractivity contribution is 5.95. The largest absolute Gasteiger partial charge is 0.463 e. The van der Waals surface area contributed by atoms with Crippen molar-refractivity contribution < 1.29 is 18.7 Å². The number of morpholine rings is 1. The summed E-state index contributed by atoms with van der Waals surface area (Å²) in [5, 5.41) is 0. The second-order valence-electron chi connectivity index (χ2n) is 6.71. The lowest BCUT2D eigenvalue weighted by molar-refractivity contribution is 0.0103. The van der Waals surface area contributed by atoms with Gasteiger partial charge in [-0.3, -0.25) is 9.69 Å². The summed E-state index contributed by atoms with van der Waals surface area (Å²) < 4.78 is 16.2. The second kappa shape index (κ2) is 7.68. The monoisotopic (exact) mass is 336 g/mol. The lowest BCUT2D eigenvalue weighted by Gasteiger charge is -2.34. The van der Waals surface area contributed by atoms with Crippen LogP contribution in [0.3, 0.4) is 0 Å². The molecule has 3 heterocycles. The molecule has 0 saturated carbocycles. The van der Waals surface area contributed by atoms with E-state index in [0.717, 1.165) is 45.8 Å². The normalized spacial score (nSPS) is 25.4. The molecule has 134 valence electrons. The zero-order valence-corrected chi connectivity index (χ0v) is 14.9. The Morgan fingerprint density at radius 3 is 2.75 bits per heavy atom. The van der Waals surface area contributed by atoms with Gasteiger partial charge in [-0.1, -0.05) is 13.3 Å². The number of hydrogen-bond donors (Lipinski definition) is 0. The van der Waals surface area contributed by atoms with Gasteiger partial charge in [0.25, 0.3) is 5.91 Å². The van der Waals surface area contributed by atoms with Crippen LogP contribution in [0.2, 0.25) is 0 Å². The Morgan fingerprint density at radius 2 is 2.08 bits per heavy atom. The van der Waals surface area contributed by atoms with Gasteiger partial charge in [0.2, 0.25) is 0 Å². The van der Waals surface area contributed by atoms with Gasteiger partial charge in [0.1, 0.15) is 18.1 Å². The Hall–Kier alpha value is -1.37. The van der Waals surface area contributed by atoms with Gasteiger partial charge in [-0.05, 0) is 18.9 Å². The number of aryl methyl sites for hydroxylation is 1. The van der Waals surface area contributed by atoms with Crippen LogP contribution in [0.15, 0.2) is 10.5 Å². The summed E-state index contributed by atoms with van der Waals surface area (Å²) >= 11 is 0. The Labute approximate surface area is 143 Å². The maximum atomic E-state index is 13.0. The maximum Gasteiger partial charge on any atom is 0.257 e. The molecule has 2 saturated heterocycles. The summed E-state index contributed by atoms with van der Waals surface area (Å²) in [5.41, 5.74) is 0.666. The first-order valence-corrected chi connectivity index (χ1v) is 8.83. The van der Waals surface area contributed by atoms with Gasteiger partial charge < -0.3 is 18.8 Å². The van der Waals surface area contributed by atoms with E-state index in [1.54, 1.807) is 7.11 Å². The predicted octanol–water partition coefficient (Wildman–Crippen LogP) is 1.92. The van der Waals surface area contributed by atoms with Crippen molar-refractivity contribution in [3.63, 3.8) is 0 Å². The van der Waals surface area contributed by atoms with E-state index in [-0.39, 0.29) is 5.91 Å². The van der Waals surface area contributed by atoms with Gasteiger partial charge in [0.05, 0.1) is 18.8 Å². The molecule has 2 aliphatic rings. The summed E-state index contributed by atoms with van der Waals surface area (Å²) in [6, 6.07) is 2.26. The molecule has 1 aromatic rings. The molecule has 3 rings (SSSR count). The zero-order chi connectivity index (χ0) is 17.1. The third-order valence-corrected chi connectivity index (χ3v) is 5.22. The van der Waals surface area contributed by atoms with Crippen LogP contribution in [0, 0.1) is 12.8 Å². The number of likely N-dealkylation sites (tertiary alicyclic amines) is 1. The summed E-state index contributed by atoms with van der Waals surface area (Å²) in [5.74, 6) is 1.98. The van der Waals surface area contributed by atoms with Crippen LogP contribution in [0.4, 0.5) is 0 Å². The minimum Gasteiger partial charge on any atom is -0.463 e. The minimum absolute atomic E-state index is 0.0767. The molecule has 0 aliphatic carbocycles. The molecule has 2 fully saturated rings. The Bertz CT molecular complexity index is 565. The average molecular weight is 336 g/mol. The maximum absolute atomic E-state index is 13.0. The third kappa shape index (κ3) is 3.50. The molecule has 2 aliphatic heterocycles. The molecule has 6 heteroatoms. The molecule has 24 heavy (non-hydrogen) atoms. The van der Waals surface area contributed by atoms with E-state index in [0.29, 0.717) is 35.7 Å². The van der Waals surface area contributed by atoms with Crippen LogP contribution in [0.25, 0.3) is 0 Å². The van der Waals surface area contributed by atoms with Crippen molar-refractivity contribution in [2.75, 3.05) is 46.5 Å². The van der Waals surface area contributed by atoms with Crippen LogP contribution in [-0.2, 0) is 16.1 Å². The minimum atomic E-state index is 0.0767. The molecule has 0 bridgehead atoms. The standard InChI is InChI=1S/C18H28N2O4/c1-4-14-10-20(11-17(14)19-5-7-23-8-6-19)18(21)16-9-15(12-22-3)24-13(16)2/h9,14,17H,4-8,10-12H2,1-3H3. The van der Waals surface area contributed by atoms with Gasteiger partial charge in [0, 0.05) is 39.3 Å². The molecular weight excluding hydrogens is 308 g/mol. The molecule has 1 amide bonds. The number of carbonyl (C=O) groups excluding carboxylic acids is 1. The van der Waals surface area contributed by atoms with E-state index in [2.05, 4.69) is 11.8 Å². The van der Waals surface area contributed by atoms with Crippen molar-refractivity contribution >= 4 is 5.91 Å². The number of hydrogen-bond acceptors (Lipinski definition) is 5. The molecule has 0 N–H and O–H groups in total. The van der Waals surface area contributed by atoms with Gasteiger partial charge in [-0.25, -0.2) is 0 Å². The first-order chi connectivity index (χ1) is 11.6. The van der Waals surface area contributed by atoms with Crippen molar-refractivity contribution in [2.45, 2.75) is 32.9 Å². The molecule has 2 atom stereocenters.